The zero-order chi connectivity index (χ0) is 16.5. The van der Waals surface area contributed by atoms with Crippen molar-refractivity contribution in [2.24, 2.45) is 0 Å². The van der Waals surface area contributed by atoms with Gasteiger partial charge in [-0.05, 0) is 31.2 Å². The minimum absolute atomic E-state index is 0.0824. The van der Waals surface area contributed by atoms with Crippen LogP contribution in [0.3, 0.4) is 0 Å². The van der Waals surface area contributed by atoms with Crippen LogP contribution in [0.5, 0.6) is 0 Å². The fourth-order valence-corrected chi connectivity index (χ4v) is 4.12. The second-order valence-electron chi connectivity index (χ2n) is 6.29. The number of urea groups is 1. The molecule has 2 aliphatic heterocycles. The molecule has 0 spiro atoms. The Morgan fingerprint density at radius 3 is 2.83 bits per heavy atom. The van der Waals surface area contributed by atoms with Crippen molar-refractivity contribution < 1.29 is 9.21 Å². The third-order valence-electron chi connectivity index (χ3n) is 4.91. The summed E-state index contributed by atoms with van der Waals surface area (Å²) in [5.41, 5.74) is 0. The summed E-state index contributed by atoms with van der Waals surface area (Å²) in [4.78, 5) is 17.1. The molecule has 1 atom stereocenters. The van der Waals surface area contributed by atoms with E-state index < -0.39 is 0 Å². The lowest BCUT2D eigenvalue weighted by molar-refractivity contribution is 0.101. The van der Waals surface area contributed by atoms with Crippen molar-refractivity contribution in [1.29, 1.82) is 0 Å². The molecule has 4 heterocycles. The Bertz CT molecular complexity index is 693. The summed E-state index contributed by atoms with van der Waals surface area (Å²) in [6.45, 7) is 5.57. The van der Waals surface area contributed by atoms with Gasteiger partial charge < -0.3 is 14.6 Å². The number of piperidine rings is 1. The zero-order valence-corrected chi connectivity index (χ0v) is 14.5. The Morgan fingerprint density at radius 2 is 2.17 bits per heavy atom. The third kappa shape index (κ3) is 2.91. The number of nitrogens with one attached hydrogen (secondary N) is 1. The van der Waals surface area contributed by atoms with Crippen LogP contribution >= 0.6 is 11.3 Å². The van der Waals surface area contributed by atoms with E-state index in [1.807, 2.05) is 22.4 Å². The molecule has 0 saturated carbocycles. The van der Waals surface area contributed by atoms with Gasteiger partial charge in [0.1, 0.15) is 0 Å². The van der Waals surface area contributed by atoms with Crippen molar-refractivity contribution in [2.75, 3.05) is 26.2 Å². The van der Waals surface area contributed by atoms with Crippen LogP contribution in [0.25, 0.3) is 10.8 Å². The summed E-state index contributed by atoms with van der Waals surface area (Å²) < 4.78 is 5.86. The van der Waals surface area contributed by atoms with Gasteiger partial charge in [-0.25, -0.2) is 4.79 Å². The van der Waals surface area contributed by atoms with Gasteiger partial charge >= 0.3 is 6.03 Å². The first kappa shape index (κ1) is 15.6. The molecule has 2 amide bonds. The molecule has 7 nitrogen and oxygen atoms in total. The molecule has 0 aromatic carbocycles. The molecule has 2 aromatic heterocycles. The maximum atomic E-state index is 11.8. The SMILES string of the molecule is C[C@@H](c1nnc(-c2cccs2)o1)N1CCC(N2CCNC2=O)CC1. The molecule has 0 bridgehead atoms. The van der Waals surface area contributed by atoms with Crippen LogP contribution in [0, 0.1) is 0 Å². The van der Waals surface area contributed by atoms with Crippen molar-refractivity contribution in [3.05, 3.63) is 23.4 Å². The minimum atomic E-state index is 0.0824. The monoisotopic (exact) mass is 347 g/mol. The number of hydrogen-bond donors (Lipinski definition) is 1. The normalized spacial score (nSPS) is 21.2. The van der Waals surface area contributed by atoms with Crippen molar-refractivity contribution in [3.63, 3.8) is 0 Å². The van der Waals surface area contributed by atoms with Crippen LogP contribution in [-0.4, -0.2) is 58.2 Å². The average molecular weight is 347 g/mol. The number of carbonyl (C=O) groups excluding carboxylic acids is 1. The molecule has 8 heteroatoms. The number of aromatic nitrogens is 2. The molecule has 4 rings (SSSR count). The van der Waals surface area contributed by atoms with E-state index >= 15 is 0 Å². The molecule has 0 radical (unpaired) electrons. The Balaban J connectivity index is 1.38. The van der Waals surface area contributed by atoms with Crippen molar-refractivity contribution >= 4 is 17.4 Å². The van der Waals surface area contributed by atoms with Crippen LogP contribution in [0.1, 0.15) is 31.7 Å². The van der Waals surface area contributed by atoms with Crippen molar-refractivity contribution in [3.8, 4) is 10.8 Å². The third-order valence-corrected chi connectivity index (χ3v) is 5.77. The molecule has 2 fully saturated rings. The molecule has 24 heavy (non-hydrogen) atoms. The van der Waals surface area contributed by atoms with E-state index in [1.54, 1.807) is 11.3 Å². The first-order chi connectivity index (χ1) is 11.7. The van der Waals surface area contributed by atoms with Crippen LogP contribution in [-0.2, 0) is 0 Å². The molecule has 2 saturated heterocycles. The van der Waals surface area contributed by atoms with Gasteiger partial charge in [0.25, 0.3) is 5.89 Å². The molecule has 128 valence electrons. The fourth-order valence-electron chi connectivity index (χ4n) is 3.48. The van der Waals surface area contributed by atoms with Crippen LogP contribution in [0.4, 0.5) is 4.79 Å². The fraction of sp³-hybridized carbons (Fsp3) is 0.562. The number of likely N-dealkylation sites (tertiary alicyclic amines) is 1. The van der Waals surface area contributed by atoms with E-state index in [4.69, 9.17) is 4.42 Å². The predicted molar refractivity (Wildman–Crippen MR) is 90.7 cm³/mol. The number of carbonyl (C=O) groups is 1. The largest absolute Gasteiger partial charge is 0.418 e. The molecule has 2 aliphatic rings. The maximum absolute atomic E-state index is 11.8. The number of thiophene rings is 1. The van der Waals surface area contributed by atoms with E-state index in [-0.39, 0.29) is 12.1 Å². The maximum Gasteiger partial charge on any atom is 0.317 e. The molecule has 2 aromatic rings. The number of nitrogens with zero attached hydrogens (tertiary/aromatic N) is 4. The van der Waals surface area contributed by atoms with Gasteiger partial charge in [0.15, 0.2) is 0 Å². The molecular formula is C16H21N5O2S. The van der Waals surface area contributed by atoms with Crippen molar-refractivity contribution in [1.82, 2.24) is 25.3 Å². The summed E-state index contributed by atoms with van der Waals surface area (Å²) in [6, 6.07) is 4.49. The molecule has 0 unspecified atom stereocenters. The van der Waals surface area contributed by atoms with Crippen LogP contribution in [0.15, 0.2) is 21.9 Å². The summed E-state index contributed by atoms with van der Waals surface area (Å²) in [5.74, 6) is 1.26. The smallest absolute Gasteiger partial charge is 0.317 e. The van der Waals surface area contributed by atoms with Gasteiger partial charge in [0.05, 0.1) is 10.9 Å². The van der Waals surface area contributed by atoms with E-state index in [1.165, 1.54) is 0 Å². The molecular weight excluding hydrogens is 326 g/mol. The van der Waals surface area contributed by atoms with E-state index in [9.17, 15) is 4.79 Å². The second-order valence-corrected chi connectivity index (χ2v) is 7.24. The Labute approximate surface area is 144 Å². The first-order valence-electron chi connectivity index (χ1n) is 8.38. The highest BCUT2D eigenvalue weighted by atomic mass is 32.1. The van der Waals surface area contributed by atoms with Gasteiger partial charge in [-0.2, -0.15) is 0 Å². The zero-order valence-electron chi connectivity index (χ0n) is 13.6. The average Bonchev–Trinajstić information content (AvgIpc) is 3.35. The van der Waals surface area contributed by atoms with E-state index in [0.29, 0.717) is 17.8 Å². The number of amides is 2. The lowest BCUT2D eigenvalue weighted by Crippen LogP contribution is -2.46. The van der Waals surface area contributed by atoms with Gasteiger partial charge in [-0.15, -0.1) is 21.5 Å². The lowest BCUT2D eigenvalue weighted by Gasteiger charge is -2.37. The minimum Gasteiger partial charge on any atom is -0.418 e. The quantitative estimate of drug-likeness (QED) is 0.919. The Morgan fingerprint density at radius 1 is 1.33 bits per heavy atom. The molecule has 1 N–H and O–H groups in total. The number of rotatable bonds is 4. The highest BCUT2D eigenvalue weighted by Gasteiger charge is 2.33. The lowest BCUT2D eigenvalue weighted by atomic mass is 10.0. The van der Waals surface area contributed by atoms with Crippen LogP contribution in [0.2, 0.25) is 0 Å². The summed E-state index contributed by atoms with van der Waals surface area (Å²) in [5, 5.41) is 13.3. The summed E-state index contributed by atoms with van der Waals surface area (Å²) in [7, 11) is 0. The van der Waals surface area contributed by atoms with Gasteiger partial charge in [-0.3, -0.25) is 4.90 Å². The first-order valence-corrected chi connectivity index (χ1v) is 9.26. The highest BCUT2D eigenvalue weighted by molar-refractivity contribution is 7.13. The standard InChI is InChI=1S/C16H21N5O2S/c1-11(14-18-19-15(23-14)13-3-2-10-24-13)20-7-4-12(5-8-20)21-9-6-17-16(21)22/h2-3,10-12H,4-9H2,1H3,(H,17,22)/t11-/m0/s1. The summed E-state index contributed by atoms with van der Waals surface area (Å²) >= 11 is 1.60. The predicted octanol–water partition coefficient (Wildman–Crippen LogP) is 2.35. The summed E-state index contributed by atoms with van der Waals surface area (Å²) in [6.07, 6.45) is 1.98. The Kier molecular flexibility index (Phi) is 4.24. The highest BCUT2D eigenvalue weighted by Crippen LogP contribution is 2.29. The van der Waals surface area contributed by atoms with Gasteiger partial charge in [0, 0.05) is 32.2 Å². The van der Waals surface area contributed by atoms with Gasteiger partial charge in [-0.1, -0.05) is 6.07 Å². The Hall–Kier alpha value is -1.93. The van der Waals surface area contributed by atoms with E-state index in [2.05, 4.69) is 27.3 Å². The molecule has 0 aliphatic carbocycles. The van der Waals surface area contributed by atoms with Crippen molar-refractivity contribution in [2.45, 2.75) is 31.8 Å². The topological polar surface area (TPSA) is 74.5 Å². The second kappa shape index (κ2) is 6.52. The van der Waals surface area contributed by atoms with Crippen LogP contribution < -0.4 is 5.32 Å². The number of hydrogen-bond acceptors (Lipinski definition) is 6. The van der Waals surface area contributed by atoms with E-state index in [0.717, 1.165) is 43.9 Å². The van der Waals surface area contributed by atoms with Gasteiger partial charge in [0.2, 0.25) is 5.89 Å².